The Labute approximate surface area is 169 Å². The van der Waals surface area contributed by atoms with Gasteiger partial charge in [-0.2, -0.15) is 0 Å². The molecule has 0 bridgehead atoms. The van der Waals surface area contributed by atoms with Crippen molar-refractivity contribution < 1.29 is 19.1 Å². The molecular weight excluding hydrogens is 364 g/mol. The maximum absolute atomic E-state index is 10.6. The van der Waals surface area contributed by atoms with Crippen molar-refractivity contribution in [3.8, 4) is 0 Å². The van der Waals surface area contributed by atoms with Crippen LogP contribution in [0.25, 0.3) is 21.5 Å². The highest BCUT2D eigenvalue weighted by molar-refractivity contribution is 6.08. The van der Waals surface area contributed by atoms with E-state index in [-0.39, 0.29) is 0 Å². The minimum Gasteiger partial charge on any atom is -0.443 e. The lowest BCUT2D eigenvalue weighted by Crippen LogP contribution is -2.21. The first-order valence-electron chi connectivity index (χ1n) is 9.80. The van der Waals surface area contributed by atoms with E-state index in [1.54, 1.807) is 11.1 Å². The maximum Gasteiger partial charge on any atom is 0.356 e. The van der Waals surface area contributed by atoms with Crippen molar-refractivity contribution in [1.29, 1.82) is 0 Å². The monoisotopic (exact) mass is 386 g/mol. The highest BCUT2D eigenvalue weighted by Gasteiger charge is 2.24. The van der Waals surface area contributed by atoms with Crippen LogP contribution >= 0.6 is 0 Å². The summed E-state index contributed by atoms with van der Waals surface area (Å²) in [6.07, 6.45) is 7.83. The number of benzene rings is 3. The smallest absolute Gasteiger partial charge is 0.356 e. The third kappa shape index (κ3) is 3.92. The third-order valence-electron chi connectivity index (χ3n) is 5.34. The van der Waals surface area contributed by atoms with Gasteiger partial charge in [-0.1, -0.05) is 55.1 Å². The first kappa shape index (κ1) is 18.9. The summed E-state index contributed by atoms with van der Waals surface area (Å²) in [5.74, 6) is -1.22. The number of hydrogen-bond donors (Lipinski definition) is 0. The second-order valence-electron chi connectivity index (χ2n) is 7.12. The van der Waals surface area contributed by atoms with Gasteiger partial charge >= 0.3 is 11.9 Å². The van der Waals surface area contributed by atoms with Crippen molar-refractivity contribution in [3.05, 3.63) is 84.7 Å². The van der Waals surface area contributed by atoms with E-state index in [0.717, 1.165) is 6.08 Å². The molecule has 0 N–H and O–H groups in total. The molecule has 5 rings (SSSR count). The predicted molar refractivity (Wildman–Crippen MR) is 113 cm³/mol. The largest absolute Gasteiger partial charge is 0.443 e. The van der Waals surface area contributed by atoms with Gasteiger partial charge in [-0.05, 0) is 58.4 Å². The van der Waals surface area contributed by atoms with Gasteiger partial charge in [-0.15, -0.1) is 0 Å². The van der Waals surface area contributed by atoms with Crippen LogP contribution in [0.5, 0.6) is 0 Å². The molecule has 2 aliphatic rings. The number of rotatable bonds is 2. The van der Waals surface area contributed by atoms with Crippen LogP contribution in [0.1, 0.15) is 24.0 Å². The minimum atomic E-state index is -0.902. The van der Waals surface area contributed by atoms with Crippen LogP contribution in [-0.2, 0) is 31.9 Å². The zero-order valence-electron chi connectivity index (χ0n) is 16.1. The van der Waals surface area contributed by atoms with Crippen molar-refractivity contribution in [2.45, 2.75) is 31.8 Å². The zero-order valence-corrected chi connectivity index (χ0v) is 16.1. The van der Waals surface area contributed by atoms with Crippen LogP contribution in [0, 0.1) is 0 Å². The number of aryl methyl sites for hydroxylation is 2. The van der Waals surface area contributed by atoms with E-state index in [0.29, 0.717) is 0 Å². The lowest BCUT2D eigenvalue weighted by Gasteiger charge is -2.18. The van der Waals surface area contributed by atoms with Crippen molar-refractivity contribution in [3.63, 3.8) is 0 Å². The quantitative estimate of drug-likeness (QED) is 0.352. The van der Waals surface area contributed by atoms with Crippen LogP contribution in [-0.4, -0.2) is 18.0 Å². The molecule has 0 saturated heterocycles. The van der Waals surface area contributed by atoms with E-state index in [1.165, 1.54) is 59.6 Å². The molecule has 4 heteroatoms. The van der Waals surface area contributed by atoms with E-state index >= 15 is 0 Å². The number of carbonyl (C=O) groups is 2. The fourth-order valence-corrected chi connectivity index (χ4v) is 3.93. The molecule has 4 nitrogen and oxygen atoms in total. The number of cyclic esters (lactones) is 1. The molecule has 29 heavy (non-hydrogen) atoms. The molecule has 1 heterocycles. The van der Waals surface area contributed by atoms with E-state index in [4.69, 9.17) is 0 Å². The van der Waals surface area contributed by atoms with Gasteiger partial charge in [-0.25, -0.2) is 9.59 Å². The van der Waals surface area contributed by atoms with Gasteiger partial charge in [0.25, 0.3) is 0 Å². The van der Waals surface area contributed by atoms with Gasteiger partial charge in [0.1, 0.15) is 0 Å². The van der Waals surface area contributed by atoms with E-state index in [9.17, 15) is 9.59 Å². The van der Waals surface area contributed by atoms with Crippen LogP contribution in [0.2, 0.25) is 0 Å². The van der Waals surface area contributed by atoms with Gasteiger partial charge in [0.15, 0.2) is 0 Å². The highest BCUT2D eigenvalue weighted by atomic mass is 16.6. The Kier molecular flexibility index (Phi) is 5.43. The third-order valence-corrected chi connectivity index (χ3v) is 5.34. The molecule has 3 aromatic rings. The molecule has 146 valence electrons. The summed E-state index contributed by atoms with van der Waals surface area (Å²) in [5.41, 5.74) is 3.17. The molecule has 0 spiro atoms. The minimum absolute atomic E-state index is 0.583. The Balaban J connectivity index is 0.000000161. The molecule has 1 aliphatic carbocycles. The summed E-state index contributed by atoms with van der Waals surface area (Å²) in [7, 11) is 0. The molecule has 1 aliphatic heterocycles. The van der Waals surface area contributed by atoms with Crippen molar-refractivity contribution in [2.24, 2.45) is 0 Å². The van der Waals surface area contributed by atoms with Gasteiger partial charge < -0.3 is 9.47 Å². The molecule has 0 aromatic heterocycles. The Bertz CT molecular complexity index is 1130. The Morgan fingerprint density at radius 1 is 1.00 bits per heavy atom. The lowest BCUT2D eigenvalue weighted by molar-refractivity contribution is -0.155. The number of hydrogen-bond acceptors (Lipinski definition) is 4. The number of esters is 2. The number of carbonyl (C=O) groups excluding carboxylic acids is 2. The summed E-state index contributed by atoms with van der Waals surface area (Å²) in [6.45, 7) is 3.18. The van der Waals surface area contributed by atoms with Crippen LogP contribution in [0.4, 0.5) is 0 Å². The van der Waals surface area contributed by atoms with Crippen molar-refractivity contribution in [2.75, 3.05) is 0 Å². The predicted octanol–water partition coefficient (Wildman–Crippen LogP) is 5.03. The van der Waals surface area contributed by atoms with Crippen molar-refractivity contribution in [1.82, 2.24) is 0 Å². The summed E-state index contributed by atoms with van der Waals surface area (Å²) >= 11 is 0. The molecule has 1 unspecified atom stereocenters. The summed E-state index contributed by atoms with van der Waals surface area (Å²) in [5, 5.41) is 5.64. The van der Waals surface area contributed by atoms with Gasteiger partial charge in [-0.3, -0.25) is 0 Å². The number of ether oxygens (including phenoxy) is 2. The Morgan fingerprint density at radius 3 is 2.59 bits per heavy atom. The summed E-state index contributed by atoms with van der Waals surface area (Å²) in [4.78, 5) is 21.2. The first-order valence-corrected chi connectivity index (χ1v) is 9.80. The van der Waals surface area contributed by atoms with Crippen LogP contribution < -0.4 is 0 Å². The standard InChI is InChI=1S/C18H16.C7H6O4/c1-3-7-15-13(5-1)9-11-18-16-8-4-2-6-14(16)10-12-17(15)18;1-2-6(8)11-5-3-4-10-7(5)9/h1,3,5,7,9-12H,2,4,6,8H2;2-5H,1H2. The molecule has 0 fully saturated rings. The van der Waals surface area contributed by atoms with E-state index < -0.39 is 18.0 Å². The molecule has 1 atom stereocenters. The molecule has 0 amide bonds. The Hall–Kier alpha value is -3.40. The fourth-order valence-electron chi connectivity index (χ4n) is 3.93. The van der Waals surface area contributed by atoms with E-state index in [1.807, 2.05) is 0 Å². The average molecular weight is 386 g/mol. The molecule has 3 aromatic carbocycles. The topological polar surface area (TPSA) is 52.6 Å². The zero-order chi connectivity index (χ0) is 20.2. The fraction of sp³-hybridized carbons (Fsp3) is 0.200. The second-order valence-corrected chi connectivity index (χ2v) is 7.12. The molecular formula is C25H22O4. The van der Waals surface area contributed by atoms with E-state index in [2.05, 4.69) is 64.6 Å². The molecule has 0 radical (unpaired) electrons. The van der Waals surface area contributed by atoms with Gasteiger partial charge in [0, 0.05) is 12.2 Å². The number of fused-ring (bicyclic) bond motifs is 5. The van der Waals surface area contributed by atoms with Gasteiger partial charge in [0.2, 0.25) is 6.10 Å². The SMILES string of the molecule is C=CC(=O)OC1C=COC1=O.c1ccc2c(c1)ccc1c3c(ccc12)CCCC3. The maximum atomic E-state index is 10.6. The normalized spacial score (nSPS) is 17.2. The summed E-state index contributed by atoms with van der Waals surface area (Å²) < 4.78 is 8.93. The summed E-state index contributed by atoms with van der Waals surface area (Å²) in [6, 6.07) is 18.0. The second kappa shape index (κ2) is 8.31. The molecule has 0 saturated carbocycles. The average Bonchev–Trinajstić information content (AvgIpc) is 3.18. The van der Waals surface area contributed by atoms with Crippen LogP contribution in [0.15, 0.2) is 73.5 Å². The first-order chi connectivity index (χ1) is 14.2. The highest BCUT2D eigenvalue weighted by Crippen LogP contribution is 2.33. The van der Waals surface area contributed by atoms with Crippen molar-refractivity contribution >= 4 is 33.5 Å². The van der Waals surface area contributed by atoms with Crippen LogP contribution in [0.3, 0.4) is 0 Å². The lowest BCUT2D eigenvalue weighted by atomic mass is 9.86. The Morgan fingerprint density at radius 2 is 1.79 bits per heavy atom. The van der Waals surface area contributed by atoms with Gasteiger partial charge in [0.05, 0.1) is 6.26 Å².